The highest BCUT2D eigenvalue weighted by molar-refractivity contribution is 5.95. The minimum absolute atomic E-state index is 0.00361. The number of ether oxygens (including phenoxy) is 4. The first-order valence-corrected chi connectivity index (χ1v) is 15.9. The third-order valence-electron chi connectivity index (χ3n) is 7.72. The predicted octanol–water partition coefficient (Wildman–Crippen LogP) is 7.79. The normalized spacial score (nSPS) is 13.9. The van der Waals surface area contributed by atoms with Gasteiger partial charge in [0, 0.05) is 24.0 Å². The summed E-state index contributed by atoms with van der Waals surface area (Å²) in [6.45, 7) is 2.28. The molecule has 2 N–H and O–H groups in total. The molecular formula is C37H42O9. The van der Waals surface area contributed by atoms with Gasteiger partial charge >= 0.3 is 11.9 Å². The highest BCUT2D eigenvalue weighted by Gasteiger charge is 2.19. The van der Waals surface area contributed by atoms with Crippen molar-refractivity contribution in [3.8, 4) is 11.5 Å². The number of carbonyl (C=O) groups is 3. The first-order chi connectivity index (χ1) is 22.3. The van der Waals surface area contributed by atoms with Crippen molar-refractivity contribution in [2.45, 2.75) is 77.6 Å². The summed E-state index contributed by atoms with van der Waals surface area (Å²) in [6, 6.07) is 11.1. The number of unbranched alkanes of at least 4 members (excludes halogenated alkanes) is 3. The lowest BCUT2D eigenvalue weighted by Crippen LogP contribution is -2.07. The lowest BCUT2D eigenvalue weighted by Gasteiger charge is -2.20. The van der Waals surface area contributed by atoms with Gasteiger partial charge in [0.2, 0.25) is 0 Å². The molecule has 0 radical (unpaired) electrons. The van der Waals surface area contributed by atoms with Crippen LogP contribution in [0.15, 0.2) is 78.5 Å². The molecule has 9 nitrogen and oxygen atoms in total. The van der Waals surface area contributed by atoms with Crippen LogP contribution in [0.1, 0.15) is 91.8 Å². The van der Waals surface area contributed by atoms with Crippen LogP contribution in [0.25, 0.3) is 5.76 Å². The summed E-state index contributed by atoms with van der Waals surface area (Å²) in [5.41, 5.74) is 4.21. The van der Waals surface area contributed by atoms with Crippen molar-refractivity contribution in [1.82, 2.24) is 0 Å². The van der Waals surface area contributed by atoms with Crippen LogP contribution >= 0.6 is 0 Å². The molecule has 2 aliphatic rings. The number of carboxylic acids is 2. The molecule has 0 spiro atoms. The Balaban J connectivity index is 1.27. The van der Waals surface area contributed by atoms with Crippen LogP contribution < -0.4 is 9.47 Å². The summed E-state index contributed by atoms with van der Waals surface area (Å²) >= 11 is 0. The standard InChI is InChI=1S/C37H42O9/c1-26(38)29-21-30(35-25-43-24-34(46-35)28-12-6-4-7-13-28)23-31(22-29)44-19-8-3-2-5-11-27-14-9-15-33(32(27)17-18-37(41)42)45-20-10-16-36(39)40/h4,6,9,12,14-15,21-25H,2-3,5,7-8,10-11,13,16-20H2,1H3,(H,39,40)(H,41,42). The van der Waals surface area contributed by atoms with Crippen LogP contribution in [0.4, 0.5) is 0 Å². The molecule has 0 unspecified atom stereocenters. The fourth-order valence-corrected chi connectivity index (χ4v) is 5.29. The monoisotopic (exact) mass is 630 g/mol. The average molecular weight is 631 g/mol. The van der Waals surface area contributed by atoms with Crippen molar-refractivity contribution in [2.24, 2.45) is 0 Å². The van der Waals surface area contributed by atoms with E-state index in [0.717, 1.165) is 61.6 Å². The van der Waals surface area contributed by atoms with Crippen molar-refractivity contribution in [2.75, 3.05) is 13.2 Å². The van der Waals surface area contributed by atoms with Crippen molar-refractivity contribution >= 4 is 23.5 Å². The number of hydrogen-bond donors (Lipinski definition) is 2. The van der Waals surface area contributed by atoms with E-state index in [-0.39, 0.29) is 25.2 Å². The van der Waals surface area contributed by atoms with E-state index >= 15 is 0 Å². The maximum Gasteiger partial charge on any atom is 0.303 e. The van der Waals surface area contributed by atoms with Crippen LogP contribution in [-0.4, -0.2) is 41.1 Å². The van der Waals surface area contributed by atoms with Gasteiger partial charge in [0.1, 0.15) is 24.0 Å². The Morgan fingerprint density at radius 1 is 0.848 bits per heavy atom. The van der Waals surface area contributed by atoms with Crippen molar-refractivity contribution < 1.29 is 43.5 Å². The Labute approximate surface area is 269 Å². The third kappa shape index (κ3) is 10.7. The third-order valence-corrected chi connectivity index (χ3v) is 7.72. The van der Waals surface area contributed by atoms with Crippen molar-refractivity contribution in [3.05, 3.63) is 101 Å². The molecule has 0 saturated carbocycles. The molecule has 0 atom stereocenters. The van der Waals surface area contributed by atoms with Crippen LogP contribution in [0.3, 0.4) is 0 Å². The molecule has 244 valence electrons. The van der Waals surface area contributed by atoms with Gasteiger partial charge in [0.15, 0.2) is 17.3 Å². The highest BCUT2D eigenvalue weighted by atomic mass is 16.5. The largest absolute Gasteiger partial charge is 0.494 e. The van der Waals surface area contributed by atoms with E-state index < -0.39 is 11.9 Å². The van der Waals surface area contributed by atoms with Gasteiger partial charge in [0.05, 0.1) is 13.2 Å². The molecule has 0 bridgehead atoms. The molecule has 0 amide bonds. The lowest BCUT2D eigenvalue weighted by molar-refractivity contribution is -0.138. The van der Waals surface area contributed by atoms with E-state index in [0.29, 0.717) is 53.6 Å². The number of rotatable bonds is 19. The quantitative estimate of drug-likeness (QED) is 0.118. The van der Waals surface area contributed by atoms with Gasteiger partial charge in [-0.25, -0.2) is 0 Å². The minimum Gasteiger partial charge on any atom is -0.494 e. The summed E-state index contributed by atoms with van der Waals surface area (Å²) in [5, 5.41) is 18.1. The van der Waals surface area contributed by atoms with E-state index in [1.807, 2.05) is 36.4 Å². The van der Waals surface area contributed by atoms with Gasteiger partial charge in [0.25, 0.3) is 0 Å². The fraction of sp³-hybridized carbons (Fsp3) is 0.378. The predicted molar refractivity (Wildman–Crippen MR) is 174 cm³/mol. The highest BCUT2D eigenvalue weighted by Crippen LogP contribution is 2.33. The molecule has 46 heavy (non-hydrogen) atoms. The number of hydrogen-bond acceptors (Lipinski definition) is 7. The number of ketones is 1. The summed E-state index contributed by atoms with van der Waals surface area (Å²) in [5.74, 6) is 0.562. The summed E-state index contributed by atoms with van der Waals surface area (Å²) in [6.07, 6.45) is 16.2. The number of aryl methyl sites for hydroxylation is 1. The molecule has 1 aliphatic heterocycles. The summed E-state index contributed by atoms with van der Waals surface area (Å²) in [7, 11) is 0. The number of Topliss-reactive ketones (excluding diaryl/α,β-unsaturated/α-hetero) is 1. The second kappa shape index (κ2) is 17.6. The fourth-order valence-electron chi connectivity index (χ4n) is 5.29. The molecule has 9 heteroatoms. The molecule has 0 fully saturated rings. The van der Waals surface area contributed by atoms with Gasteiger partial charge < -0.3 is 29.2 Å². The van der Waals surface area contributed by atoms with Gasteiger partial charge in [-0.2, -0.15) is 0 Å². The lowest BCUT2D eigenvalue weighted by atomic mass is 9.97. The number of benzene rings is 2. The van der Waals surface area contributed by atoms with Gasteiger partial charge in [-0.3, -0.25) is 14.4 Å². The number of carboxylic acid groups (broad SMARTS) is 2. The molecular weight excluding hydrogens is 588 g/mol. The zero-order chi connectivity index (χ0) is 32.7. The summed E-state index contributed by atoms with van der Waals surface area (Å²) in [4.78, 5) is 34.4. The number of carbonyl (C=O) groups excluding carboxylic acids is 1. The Hall–Kier alpha value is -4.79. The topological polar surface area (TPSA) is 129 Å². The number of aliphatic carboxylic acids is 2. The van der Waals surface area contributed by atoms with E-state index in [9.17, 15) is 19.5 Å². The van der Waals surface area contributed by atoms with E-state index in [1.54, 1.807) is 18.4 Å². The van der Waals surface area contributed by atoms with Gasteiger partial charge in [-0.15, -0.1) is 0 Å². The molecule has 1 aliphatic carbocycles. The van der Waals surface area contributed by atoms with E-state index in [4.69, 9.17) is 24.1 Å². The van der Waals surface area contributed by atoms with Crippen LogP contribution in [0.5, 0.6) is 11.5 Å². The second-order valence-corrected chi connectivity index (χ2v) is 11.3. The molecule has 4 rings (SSSR count). The Kier molecular flexibility index (Phi) is 13.1. The number of allylic oxidation sites excluding steroid dienone is 4. The molecule has 0 aromatic heterocycles. The average Bonchev–Trinajstić information content (AvgIpc) is 3.06. The zero-order valence-corrected chi connectivity index (χ0v) is 26.3. The Morgan fingerprint density at radius 2 is 1.63 bits per heavy atom. The second-order valence-electron chi connectivity index (χ2n) is 11.3. The Morgan fingerprint density at radius 3 is 2.39 bits per heavy atom. The van der Waals surface area contributed by atoms with E-state index in [2.05, 4.69) is 6.08 Å². The molecule has 1 heterocycles. The first kappa shape index (κ1) is 34.1. The molecule has 0 saturated heterocycles. The van der Waals surface area contributed by atoms with Crippen LogP contribution in [0, 0.1) is 0 Å². The summed E-state index contributed by atoms with van der Waals surface area (Å²) < 4.78 is 23.7. The minimum atomic E-state index is -0.875. The molecule has 2 aromatic rings. The molecule has 2 aromatic carbocycles. The van der Waals surface area contributed by atoms with Gasteiger partial charge in [-0.1, -0.05) is 43.2 Å². The van der Waals surface area contributed by atoms with E-state index in [1.165, 1.54) is 13.2 Å². The first-order valence-electron chi connectivity index (χ1n) is 15.9. The van der Waals surface area contributed by atoms with Crippen LogP contribution in [-0.2, 0) is 31.9 Å². The SMILES string of the molecule is CC(=O)c1cc(OCCCCCCc2cccc(OCCCC(=O)O)c2CCC(=O)O)cc(C2=COC=C(C3=CC=CCC3)O2)c1. The Bertz CT molecular complexity index is 1510. The van der Waals surface area contributed by atoms with Crippen LogP contribution in [0.2, 0.25) is 0 Å². The maximum absolute atomic E-state index is 12.3. The van der Waals surface area contributed by atoms with Gasteiger partial charge in [-0.05, 0) is 92.8 Å². The maximum atomic E-state index is 12.3. The smallest absolute Gasteiger partial charge is 0.303 e. The van der Waals surface area contributed by atoms with Crippen molar-refractivity contribution in [3.63, 3.8) is 0 Å². The van der Waals surface area contributed by atoms with Crippen molar-refractivity contribution in [1.29, 1.82) is 0 Å². The zero-order valence-electron chi connectivity index (χ0n) is 26.3.